The van der Waals surface area contributed by atoms with Crippen molar-refractivity contribution in [3.05, 3.63) is 0 Å². The lowest BCUT2D eigenvalue weighted by Gasteiger charge is -2.37. The van der Waals surface area contributed by atoms with Crippen molar-refractivity contribution in [1.82, 2.24) is 10.2 Å². The first-order valence-corrected chi connectivity index (χ1v) is 7.26. The molecule has 2 aliphatic rings. The molecule has 1 N–H and O–H groups in total. The Morgan fingerprint density at radius 3 is 2.75 bits per heavy atom. The molecule has 0 radical (unpaired) electrons. The van der Waals surface area contributed by atoms with E-state index in [0.717, 1.165) is 17.9 Å². The van der Waals surface area contributed by atoms with Crippen molar-refractivity contribution in [2.75, 3.05) is 26.2 Å². The predicted octanol–water partition coefficient (Wildman–Crippen LogP) is 2.50. The molecule has 1 saturated heterocycles. The van der Waals surface area contributed by atoms with Gasteiger partial charge in [0.2, 0.25) is 0 Å². The molecule has 1 aliphatic carbocycles. The molecule has 2 atom stereocenters. The summed E-state index contributed by atoms with van der Waals surface area (Å²) in [5, 5.41) is 3.57. The van der Waals surface area contributed by atoms with Crippen molar-refractivity contribution in [1.29, 1.82) is 0 Å². The quantitative estimate of drug-likeness (QED) is 0.697. The first-order valence-electron chi connectivity index (χ1n) is 7.26. The van der Waals surface area contributed by atoms with Crippen LogP contribution in [0.2, 0.25) is 0 Å². The highest BCUT2D eigenvalue weighted by Crippen LogP contribution is 2.33. The number of nitrogens with one attached hydrogen (secondary N) is 1. The summed E-state index contributed by atoms with van der Waals surface area (Å²) in [5.74, 6) is 1.93. The molecule has 2 nitrogen and oxygen atoms in total. The maximum absolute atomic E-state index is 3.57. The summed E-state index contributed by atoms with van der Waals surface area (Å²) in [6, 6.07) is 0.852. The van der Waals surface area contributed by atoms with Gasteiger partial charge in [-0.25, -0.2) is 0 Å². The maximum atomic E-state index is 3.57. The number of hydrogen-bond donors (Lipinski definition) is 1. The Labute approximate surface area is 101 Å². The Morgan fingerprint density at radius 1 is 1.31 bits per heavy atom. The largest absolute Gasteiger partial charge is 0.316 e. The molecule has 0 amide bonds. The first-order chi connectivity index (χ1) is 7.81. The monoisotopic (exact) mass is 224 g/mol. The zero-order chi connectivity index (χ0) is 11.4. The van der Waals surface area contributed by atoms with E-state index in [9.17, 15) is 0 Å². The molecule has 2 fully saturated rings. The third kappa shape index (κ3) is 2.98. The van der Waals surface area contributed by atoms with Gasteiger partial charge >= 0.3 is 0 Å². The van der Waals surface area contributed by atoms with Gasteiger partial charge in [-0.3, -0.25) is 0 Å². The molecule has 2 rings (SSSR count). The summed E-state index contributed by atoms with van der Waals surface area (Å²) in [5.41, 5.74) is 0. The van der Waals surface area contributed by atoms with Crippen LogP contribution >= 0.6 is 0 Å². The van der Waals surface area contributed by atoms with Gasteiger partial charge in [-0.05, 0) is 64.1 Å². The second kappa shape index (κ2) is 6.02. The zero-order valence-electron chi connectivity index (χ0n) is 11.0. The van der Waals surface area contributed by atoms with Crippen molar-refractivity contribution in [3.8, 4) is 0 Å². The highest BCUT2D eigenvalue weighted by Gasteiger charge is 2.32. The number of nitrogens with zero attached hydrogens (tertiary/aromatic N) is 1. The summed E-state index contributed by atoms with van der Waals surface area (Å²) < 4.78 is 0. The Kier molecular flexibility index (Phi) is 4.66. The fraction of sp³-hybridized carbons (Fsp3) is 1.00. The zero-order valence-corrected chi connectivity index (χ0v) is 11.0. The molecule has 2 unspecified atom stereocenters. The topological polar surface area (TPSA) is 15.3 Å². The molecular weight excluding hydrogens is 196 g/mol. The fourth-order valence-electron chi connectivity index (χ4n) is 3.10. The minimum atomic E-state index is 0.852. The van der Waals surface area contributed by atoms with E-state index in [1.165, 1.54) is 58.3 Å². The summed E-state index contributed by atoms with van der Waals surface area (Å²) in [6.07, 6.45) is 7.11. The summed E-state index contributed by atoms with van der Waals surface area (Å²) in [4.78, 5) is 2.74. The van der Waals surface area contributed by atoms with Gasteiger partial charge in [0.15, 0.2) is 0 Å². The van der Waals surface area contributed by atoms with Gasteiger partial charge in [0.05, 0.1) is 0 Å². The van der Waals surface area contributed by atoms with E-state index in [2.05, 4.69) is 24.1 Å². The Bertz CT molecular complexity index is 201. The number of hydrogen-bond acceptors (Lipinski definition) is 2. The van der Waals surface area contributed by atoms with Gasteiger partial charge in [-0.2, -0.15) is 0 Å². The van der Waals surface area contributed by atoms with Gasteiger partial charge in [-0.1, -0.05) is 13.3 Å². The molecule has 2 heteroatoms. The molecular formula is C14H28N2. The van der Waals surface area contributed by atoms with Crippen molar-refractivity contribution >= 4 is 0 Å². The molecule has 1 saturated carbocycles. The molecule has 0 bridgehead atoms. The van der Waals surface area contributed by atoms with Gasteiger partial charge < -0.3 is 10.2 Å². The van der Waals surface area contributed by atoms with Crippen LogP contribution in [0.4, 0.5) is 0 Å². The van der Waals surface area contributed by atoms with Crippen LogP contribution in [0.1, 0.15) is 46.0 Å². The molecule has 0 aromatic carbocycles. The van der Waals surface area contributed by atoms with Gasteiger partial charge in [0.1, 0.15) is 0 Å². The van der Waals surface area contributed by atoms with Crippen LogP contribution in [0.3, 0.4) is 0 Å². The smallest absolute Gasteiger partial charge is 0.00953 e. The average Bonchev–Trinajstić information content (AvgIpc) is 2.64. The molecule has 0 spiro atoms. The lowest BCUT2D eigenvalue weighted by atomic mass is 9.80. The van der Waals surface area contributed by atoms with E-state index < -0.39 is 0 Å². The van der Waals surface area contributed by atoms with Crippen LogP contribution < -0.4 is 5.32 Å². The second-order valence-electron chi connectivity index (χ2n) is 5.79. The van der Waals surface area contributed by atoms with Crippen LogP contribution in [0.15, 0.2) is 0 Å². The molecule has 1 aliphatic heterocycles. The molecule has 16 heavy (non-hydrogen) atoms. The summed E-state index contributed by atoms with van der Waals surface area (Å²) in [7, 11) is 0. The Morgan fingerprint density at radius 2 is 2.12 bits per heavy atom. The second-order valence-corrected chi connectivity index (χ2v) is 5.79. The number of rotatable bonds is 6. The van der Waals surface area contributed by atoms with E-state index in [4.69, 9.17) is 0 Å². The third-order valence-electron chi connectivity index (χ3n) is 4.59. The van der Waals surface area contributed by atoms with Crippen LogP contribution in [-0.2, 0) is 0 Å². The Hall–Kier alpha value is -0.0800. The van der Waals surface area contributed by atoms with Crippen molar-refractivity contribution < 1.29 is 0 Å². The van der Waals surface area contributed by atoms with E-state index in [1.807, 2.05) is 0 Å². The number of likely N-dealkylation sites (tertiary alicyclic amines) is 1. The van der Waals surface area contributed by atoms with Crippen molar-refractivity contribution in [2.24, 2.45) is 11.8 Å². The summed E-state index contributed by atoms with van der Waals surface area (Å²) in [6.45, 7) is 9.80. The molecule has 94 valence electrons. The molecule has 0 aromatic rings. The third-order valence-corrected chi connectivity index (χ3v) is 4.59. The minimum absolute atomic E-state index is 0.852. The highest BCUT2D eigenvalue weighted by atomic mass is 15.2. The van der Waals surface area contributed by atoms with E-state index in [-0.39, 0.29) is 0 Å². The normalized spacial score (nSPS) is 29.2. The van der Waals surface area contributed by atoms with Gasteiger partial charge in [0.25, 0.3) is 0 Å². The molecule has 1 heterocycles. The molecule has 0 aromatic heterocycles. The van der Waals surface area contributed by atoms with Crippen LogP contribution in [0.25, 0.3) is 0 Å². The van der Waals surface area contributed by atoms with E-state index in [1.54, 1.807) is 0 Å². The highest BCUT2D eigenvalue weighted by molar-refractivity contribution is 4.86. The average molecular weight is 224 g/mol. The predicted molar refractivity (Wildman–Crippen MR) is 69.6 cm³/mol. The fourth-order valence-corrected chi connectivity index (χ4v) is 3.10. The van der Waals surface area contributed by atoms with Gasteiger partial charge in [0, 0.05) is 12.6 Å². The van der Waals surface area contributed by atoms with E-state index in [0.29, 0.717) is 0 Å². The lowest BCUT2D eigenvalue weighted by molar-refractivity contribution is 0.127. The van der Waals surface area contributed by atoms with Gasteiger partial charge in [-0.15, -0.1) is 0 Å². The lowest BCUT2D eigenvalue weighted by Crippen LogP contribution is -2.40. The first kappa shape index (κ1) is 12.4. The summed E-state index contributed by atoms with van der Waals surface area (Å²) >= 11 is 0. The van der Waals surface area contributed by atoms with Crippen LogP contribution in [0.5, 0.6) is 0 Å². The van der Waals surface area contributed by atoms with E-state index >= 15 is 0 Å². The Balaban J connectivity index is 1.66. The van der Waals surface area contributed by atoms with Crippen molar-refractivity contribution in [3.63, 3.8) is 0 Å². The van der Waals surface area contributed by atoms with Crippen LogP contribution in [0, 0.1) is 11.8 Å². The van der Waals surface area contributed by atoms with Crippen molar-refractivity contribution in [2.45, 2.75) is 52.0 Å². The van der Waals surface area contributed by atoms with Crippen LogP contribution in [-0.4, -0.2) is 37.1 Å². The standard InChI is InChI=1S/C14H28N2/c1-3-8-15-10-13-7-9-16(11-13)12(2)14-5-4-6-14/h12-15H,3-11H2,1-2H3. The minimum Gasteiger partial charge on any atom is -0.316 e. The SMILES string of the molecule is CCCNCC1CCN(C(C)C2CCC2)C1. The maximum Gasteiger partial charge on any atom is 0.00953 e.